The van der Waals surface area contributed by atoms with Crippen LogP contribution in [0.25, 0.3) is 0 Å². The first kappa shape index (κ1) is 14.1. The van der Waals surface area contributed by atoms with Crippen LogP contribution in [0, 0.1) is 24.7 Å². The minimum Gasteiger partial charge on any atom is -0.481 e. The number of carboxylic acids is 1. The van der Waals surface area contributed by atoms with E-state index in [-0.39, 0.29) is 24.8 Å². The molecule has 0 aromatic heterocycles. The molecule has 2 fully saturated rings. The van der Waals surface area contributed by atoms with Crippen molar-refractivity contribution in [3.8, 4) is 0 Å². The van der Waals surface area contributed by atoms with E-state index in [4.69, 9.17) is 5.11 Å². The first-order valence-corrected chi connectivity index (χ1v) is 7.68. The summed E-state index contributed by atoms with van der Waals surface area (Å²) in [5, 5.41) is 8.94. The van der Waals surface area contributed by atoms with E-state index in [2.05, 4.69) is 0 Å². The maximum atomic E-state index is 12.8. The lowest BCUT2D eigenvalue weighted by Gasteiger charge is -2.25. The Balaban J connectivity index is 1.80. The van der Waals surface area contributed by atoms with E-state index in [1.54, 1.807) is 4.90 Å². The molecule has 112 valence electrons. The third-order valence-electron chi connectivity index (χ3n) is 4.91. The zero-order chi connectivity index (χ0) is 15.0. The van der Waals surface area contributed by atoms with Crippen molar-refractivity contribution in [2.24, 2.45) is 17.8 Å². The summed E-state index contributed by atoms with van der Waals surface area (Å²) in [5.74, 6) is 0.493. The molecule has 0 heterocycles. The van der Waals surface area contributed by atoms with Crippen molar-refractivity contribution in [2.75, 3.05) is 11.4 Å². The molecule has 0 radical (unpaired) electrons. The van der Waals surface area contributed by atoms with E-state index in [1.165, 1.54) is 6.42 Å². The number of anilines is 1. The molecule has 2 atom stereocenters. The van der Waals surface area contributed by atoms with Crippen LogP contribution in [0.4, 0.5) is 5.69 Å². The standard InChI is InChI=1S/C17H21NO3/c1-11-5-2-3-8-14(11)18(10-9-15(19)20)17(21)16-12-6-4-7-13(12)16/h2-3,5,8,12-13,16H,4,6-7,9-10H2,1H3,(H,19,20). The van der Waals surface area contributed by atoms with E-state index in [1.807, 2.05) is 31.2 Å². The predicted molar refractivity (Wildman–Crippen MR) is 80.1 cm³/mol. The number of aliphatic carboxylic acids is 1. The average Bonchev–Trinajstić information content (AvgIpc) is 2.93. The molecular formula is C17H21NO3. The van der Waals surface area contributed by atoms with Gasteiger partial charge < -0.3 is 10.0 Å². The molecule has 4 heteroatoms. The molecule has 2 aliphatic carbocycles. The summed E-state index contributed by atoms with van der Waals surface area (Å²) in [5.41, 5.74) is 1.87. The smallest absolute Gasteiger partial charge is 0.305 e. The fourth-order valence-corrected chi connectivity index (χ4v) is 3.79. The second kappa shape index (κ2) is 5.51. The van der Waals surface area contributed by atoms with Gasteiger partial charge in [0.1, 0.15) is 0 Å². The van der Waals surface area contributed by atoms with Gasteiger partial charge in [-0.1, -0.05) is 24.6 Å². The Labute approximate surface area is 124 Å². The van der Waals surface area contributed by atoms with Gasteiger partial charge >= 0.3 is 5.97 Å². The Morgan fingerprint density at radius 3 is 2.52 bits per heavy atom. The number of aryl methyl sites for hydroxylation is 1. The second-order valence-electron chi connectivity index (χ2n) is 6.20. The molecule has 1 amide bonds. The highest BCUT2D eigenvalue weighted by Crippen LogP contribution is 2.58. The zero-order valence-electron chi connectivity index (χ0n) is 12.3. The third kappa shape index (κ3) is 2.67. The topological polar surface area (TPSA) is 57.6 Å². The molecular weight excluding hydrogens is 266 g/mol. The van der Waals surface area contributed by atoms with Crippen molar-refractivity contribution in [3.05, 3.63) is 29.8 Å². The number of carbonyl (C=O) groups excluding carboxylic acids is 1. The molecule has 1 aromatic rings. The molecule has 0 aliphatic heterocycles. The van der Waals surface area contributed by atoms with Crippen molar-refractivity contribution in [1.82, 2.24) is 0 Å². The summed E-state index contributed by atoms with van der Waals surface area (Å²) in [6, 6.07) is 7.71. The van der Waals surface area contributed by atoms with E-state index >= 15 is 0 Å². The monoisotopic (exact) mass is 287 g/mol. The molecule has 3 rings (SSSR count). The molecule has 2 unspecified atom stereocenters. The first-order chi connectivity index (χ1) is 10.1. The number of benzene rings is 1. The quantitative estimate of drug-likeness (QED) is 0.906. The number of nitrogens with zero attached hydrogens (tertiary/aromatic N) is 1. The highest BCUT2D eigenvalue weighted by atomic mass is 16.4. The summed E-state index contributed by atoms with van der Waals surface area (Å²) in [6.07, 6.45) is 3.53. The molecule has 0 saturated heterocycles. The molecule has 21 heavy (non-hydrogen) atoms. The van der Waals surface area contributed by atoms with E-state index < -0.39 is 5.97 Å². The summed E-state index contributed by atoms with van der Waals surface area (Å²) in [7, 11) is 0. The minimum absolute atomic E-state index is 0.0118. The van der Waals surface area contributed by atoms with Gasteiger partial charge in [0, 0.05) is 18.2 Å². The van der Waals surface area contributed by atoms with Gasteiger partial charge in [0.05, 0.1) is 6.42 Å². The number of rotatable bonds is 5. The summed E-state index contributed by atoms with van der Waals surface area (Å²) >= 11 is 0. The number of amides is 1. The minimum atomic E-state index is -0.864. The Morgan fingerprint density at radius 2 is 1.90 bits per heavy atom. The maximum Gasteiger partial charge on any atom is 0.305 e. The van der Waals surface area contributed by atoms with Gasteiger partial charge in [0.25, 0.3) is 0 Å². The summed E-state index contributed by atoms with van der Waals surface area (Å²) < 4.78 is 0. The molecule has 0 bridgehead atoms. The van der Waals surface area contributed by atoms with Crippen LogP contribution in [0.1, 0.15) is 31.2 Å². The Bertz CT molecular complexity index is 559. The normalized spacial score (nSPS) is 26.2. The largest absolute Gasteiger partial charge is 0.481 e. The van der Waals surface area contributed by atoms with Gasteiger partial charge in [-0.3, -0.25) is 9.59 Å². The lowest BCUT2D eigenvalue weighted by atomic mass is 10.1. The fourth-order valence-electron chi connectivity index (χ4n) is 3.79. The van der Waals surface area contributed by atoms with Crippen molar-refractivity contribution in [2.45, 2.75) is 32.6 Å². The second-order valence-corrected chi connectivity index (χ2v) is 6.20. The molecule has 1 N–H and O–H groups in total. The third-order valence-corrected chi connectivity index (χ3v) is 4.91. The number of carboxylic acid groups (broad SMARTS) is 1. The summed E-state index contributed by atoms with van der Waals surface area (Å²) in [6.45, 7) is 2.22. The lowest BCUT2D eigenvalue weighted by Crippen LogP contribution is -2.35. The molecule has 1 aromatic carbocycles. The van der Waals surface area contributed by atoms with Crippen molar-refractivity contribution >= 4 is 17.6 Å². The molecule has 4 nitrogen and oxygen atoms in total. The Hall–Kier alpha value is -1.84. The van der Waals surface area contributed by atoms with Gasteiger partial charge in [-0.2, -0.15) is 0 Å². The van der Waals surface area contributed by atoms with E-state index in [0.717, 1.165) is 24.1 Å². The number of fused-ring (bicyclic) bond motifs is 1. The van der Waals surface area contributed by atoms with Gasteiger partial charge in [0.2, 0.25) is 5.91 Å². The molecule has 0 spiro atoms. The number of hydrogen-bond donors (Lipinski definition) is 1. The van der Waals surface area contributed by atoms with Gasteiger partial charge in [0.15, 0.2) is 0 Å². The van der Waals surface area contributed by atoms with Gasteiger partial charge in [-0.15, -0.1) is 0 Å². The van der Waals surface area contributed by atoms with Gasteiger partial charge in [-0.25, -0.2) is 0 Å². The van der Waals surface area contributed by atoms with Crippen LogP contribution >= 0.6 is 0 Å². The number of para-hydroxylation sites is 1. The predicted octanol–water partition coefficient (Wildman–Crippen LogP) is 2.85. The lowest BCUT2D eigenvalue weighted by molar-refractivity contribution is -0.136. The van der Waals surface area contributed by atoms with E-state index in [9.17, 15) is 9.59 Å². The maximum absolute atomic E-state index is 12.8. The highest BCUT2D eigenvalue weighted by Gasteiger charge is 2.57. The number of hydrogen-bond acceptors (Lipinski definition) is 2. The first-order valence-electron chi connectivity index (χ1n) is 7.68. The Morgan fingerprint density at radius 1 is 1.24 bits per heavy atom. The summed E-state index contributed by atoms with van der Waals surface area (Å²) in [4.78, 5) is 25.4. The van der Waals surface area contributed by atoms with Crippen molar-refractivity contribution in [1.29, 1.82) is 0 Å². The average molecular weight is 287 g/mol. The van der Waals surface area contributed by atoms with Crippen molar-refractivity contribution in [3.63, 3.8) is 0 Å². The van der Waals surface area contributed by atoms with Crippen LogP contribution in [-0.2, 0) is 9.59 Å². The highest BCUT2D eigenvalue weighted by molar-refractivity contribution is 5.98. The molecule has 2 aliphatic rings. The van der Waals surface area contributed by atoms with Crippen LogP contribution < -0.4 is 4.90 Å². The SMILES string of the molecule is Cc1ccccc1N(CCC(=O)O)C(=O)C1C2CCCC21. The van der Waals surface area contributed by atoms with Crippen LogP contribution in [0.3, 0.4) is 0 Å². The van der Waals surface area contributed by atoms with Crippen molar-refractivity contribution < 1.29 is 14.7 Å². The van der Waals surface area contributed by atoms with Crippen LogP contribution in [0.2, 0.25) is 0 Å². The van der Waals surface area contributed by atoms with Crippen LogP contribution in [-0.4, -0.2) is 23.5 Å². The van der Waals surface area contributed by atoms with Crippen LogP contribution in [0.5, 0.6) is 0 Å². The molecule has 2 saturated carbocycles. The Kier molecular flexibility index (Phi) is 3.70. The number of carbonyl (C=O) groups is 2. The fraction of sp³-hybridized carbons (Fsp3) is 0.529. The van der Waals surface area contributed by atoms with Crippen LogP contribution in [0.15, 0.2) is 24.3 Å². The van der Waals surface area contributed by atoms with E-state index in [0.29, 0.717) is 11.8 Å². The zero-order valence-corrected chi connectivity index (χ0v) is 12.3. The van der Waals surface area contributed by atoms with Gasteiger partial charge in [-0.05, 0) is 43.2 Å².